The van der Waals surface area contributed by atoms with Crippen molar-refractivity contribution in [1.29, 1.82) is 0 Å². The van der Waals surface area contributed by atoms with Gasteiger partial charge in [-0.3, -0.25) is 9.59 Å². The zero-order chi connectivity index (χ0) is 20.3. The molecular formula is C24H30N2O2. The Morgan fingerprint density at radius 3 is 2.36 bits per heavy atom. The van der Waals surface area contributed by atoms with E-state index in [2.05, 4.69) is 42.7 Å². The molecule has 1 atom stereocenters. The van der Waals surface area contributed by atoms with E-state index >= 15 is 0 Å². The molecule has 3 rings (SSSR count). The van der Waals surface area contributed by atoms with E-state index in [-0.39, 0.29) is 12.0 Å². The summed E-state index contributed by atoms with van der Waals surface area (Å²) in [5, 5.41) is 5.66. The molecule has 1 aliphatic rings. The third kappa shape index (κ3) is 4.44. The minimum absolute atomic E-state index is 0.216. The number of hydrogen-bond acceptors (Lipinski definition) is 2. The van der Waals surface area contributed by atoms with Crippen molar-refractivity contribution in [3.8, 4) is 0 Å². The molecule has 28 heavy (non-hydrogen) atoms. The molecule has 0 radical (unpaired) electrons. The maximum atomic E-state index is 12.5. The molecule has 0 saturated heterocycles. The number of nitrogens with one attached hydrogen (secondary N) is 2. The Morgan fingerprint density at radius 1 is 0.929 bits per heavy atom. The van der Waals surface area contributed by atoms with Crippen LogP contribution in [0.2, 0.25) is 0 Å². The molecule has 148 valence electrons. The van der Waals surface area contributed by atoms with Crippen LogP contribution in [0.15, 0.2) is 36.4 Å². The molecule has 0 spiro atoms. The predicted molar refractivity (Wildman–Crippen MR) is 114 cm³/mol. The van der Waals surface area contributed by atoms with Gasteiger partial charge in [0.25, 0.3) is 0 Å². The summed E-state index contributed by atoms with van der Waals surface area (Å²) in [5.41, 5.74) is 6.54. The van der Waals surface area contributed by atoms with Gasteiger partial charge in [0.2, 0.25) is 0 Å². The van der Waals surface area contributed by atoms with Gasteiger partial charge in [-0.05, 0) is 73.3 Å². The van der Waals surface area contributed by atoms with E-state index < -0.39 is 11.8 Å². The van der Waals surface area contributed by atoms with E-state index in [4.69, 9.17) is 0 Å². The first-order valence-corrected chi connectivity index (χ1v) is 10.2. The van der Waals surface area contributed by atoms with Gasteiger partial charge < -0.3 is 10.6 Å². The third-order valence-corrected chi connectivity index (χ3v) is 5.59. The molecule has 0 saturated carbocycles. The number of aryl methyl sites for hydroxylation is 3. The summed E-state index contributed by atoms with van der Waals surface area (Å²) < 4.78 is 0. The van der Waals surface area contributed by atoms with Crippen LogP contribution in [-0.2, 0) is 22.4 Å². The Bertz CT molecular complexity index is 886. The van der Waals surface area contributed by atoms with Gasteiger partial charge in [-0.1, -0.05) is 50.2 Å². The second kappa shape index (κ2) is 8.59. The van der Waals surface area contributed by atoms with E-state index in [0.717, 1.165) is 35.2 Å². The molecular weight excluding hydrogens is 348 g/mol. The van der Waals surface area contributed by atoms with Crippen molar-refractivity contribution in [3.05, 3.63) is 64.2 Å². The quantitative estimate of drug-likeness (QED) is 0.750. The van der Waals surface area contributed by atoms with Crippen molar-refractivity contribution in [2.24, 2.45) is 0 Å². The highest BCUT2D eigenvalue weighted by atomic mass is 16.2. The van der Waals surface area contributed by atoms with Gasteiger partial charge in [0.05, 0.1) is 6.04 Å². The number of carbonyl (C=O) groups excluding carboxylic acids is 2. The predicted octanol–water partition coefficient (Wildman–Crippen LogP) is 4.81. The van der Waals surface area contributed by atoms with Crippen LogP contribution in [0, 0.1) is 6.92 Å². The highest BCUT2D eigenvalue weighted by Crippen LogP contribution is 2.28. The fourth-order valence-electron chi connectivity index (χ4n) is 3.88. The summed E-state index contributed by atoms with van der Waals surface area (Å²) in [6, 6.07) is 12.1. The first-order chi connectivity index (χ1) is 13.4. The Hall–Kier alpha value is -2.62. The summed E-state index contributed by atoms with van der Waals surface area (Å²) in [7, 11) is 0. The molecule has 1 aliphatic carbocycles. The van der Waals surface area contributed by atoms with Crippen molar-refractivity contribution in [2.75, 3.05) is 5.32 Å². The number of fused-ring (bicyclic) bond motifs is 1. The Balaban J connectivity index is 1.69. The largest absolute Gasteiger partial charge is 0.341 e. The second-order valence-corrected chi connectivity index (χ2v) is 8.08. The van der Waals surface area contributed by atoms with Gasteiger partial charge >= 0.3 is 11.8 Å². The van der Waals surface area contributed by atoms with E-state index in [1.165, 1.54) is 24.0 Å². The summed E-state index contributed by atoms with van der Waals surface area (Å²) in [6.07, 6.45) is 4.69. The molecule has 0 heterocycles. The van der Waals surface area contributed by atoms with Crippen molar-refractivity contribution in [2.45, 2.75) is 65.3 Å². The number of benzene rings is 2. The van der Waals surface area contributed by atoms with Crippen LogP contribution in [0.5, 0.6) is 0 Å². The molecule has 2 aromatic carbocycles. The van der Waals surface area contributed by atoms with Crippen LogP contribution in [0.4, 0.5) is 5.69 Å². The monoisotopic (exact) mass is 378 g/mol. The number of carbonyl (C=O) groups is 2. The maximum absolute atomic E-state index is 12.5. The lowest BCUT2D eigenvalue weighted by atomic mass is 9.89. The Labute approximate surface area is 167 Å². The summed E-state index contributed by atoms with van der Waals surface area (Å²) >= 11 is 0. The van der Waals surface area contributed by atoms with Crippen molar-refractivity contribution < 1.29 is 9.59 Å². The standard InChI is InChI=1S/C24H30N2O2/c1-15(2)21-11-7-8-16(3)22(21)26-24(28)23(27)25-17(4)19-13-12-18-9-5-6-10-20(18)14-19/h7-8,11-15,17H,5-6,9-10H2,1-4H3,(H,25,27)(H,26,28). The molecule has 4 nitrogen and oxygen atoms in total. The summed E-state index contributed by atoms with van der Waals surface area (Å²) in [4.78, 5) is 25.0. The summed E-state index contributed by atoms with van der Waals surface area (Å²) in [6.45, 7) is 8.00. The van der Waals surface area contributed by atoms with Crippen molar-refractivity contribution >= 4 is 17.5 Å². The molecule has 1 unspecified atom stereocenters. The fourth-order valence-corrected chi connectivity index (χ4v) is 3.88. The first-order valence-electron chi connectivity index (χ1n) is 10.2. The highest BCUT2D eigenvalue weighted by molar-refractivity contribution is 6.39. The van der Waals surface area contributed by atoms with E-state index in [1.807, 2.05) is 32.0 Å². The molecule has 4 heteroatoms. The zero-order valence-corrected chi connectivity index (χ0v) is 17.3. The normalized spacial score (nSPS) is 14.3. The van der Waals surface area contributed by atoms with Crippen LogP contribution in [-0.4, -0.2) is 11.8 Å². The van der Waals surface area contributed by atoms with E-state index in [1.54, 1.807) is 0 Å². The van der Waals surface area contributed by atoms with Crippen molar-refractivity contribution in [1.82, 2.24) is 5.32 Å². The lowest BCUT2D eigenvalue weighted by Gasteiger charge is -2.20. The SMILES string of the molecule is Cc1cccc(C(C)C)c1NC(=O)C(=O)NC(C)c1ccc2c(c1)CCCC2. The smallest absolute Gasteiger partial charge is 0.313 e. The lowest BCUT2D eigenvalue weighted by Crippen LogP contribution is -2.37. The number of anilines is 1. The molecule has 0 aliphatic heterocycles. The third-order valence-electron chi connectivity index (χ3n) is 5.59. The number of para-hydroxylation sites is 1. The lowest BCUT2D eigenvalue weighted by molar-refractivity contribution is -0.136. The second-order valence-electron chi connectivity index (χ2n) is 8.08. The van der Waals surface area contributed by atoms with Crippen LogP contribution in [0.3, 0.4) is 0 Å². The van der Waals surface area contributed by atoms with E-state index in [0.29, 0.717) is 0 Å². The first kappa shape index (κ1) is 20.1. The van der Waals surface area contributed by atoms with Crippen LogP contribution >= 0.6 is 0 Å². The maximum Gasteiger partial charge on any atom is 0.313 e. The fraction of sp³-hybridized carbons (Fsp3) is 0.417. The Morgan fingerprint density at radius 2 is 1.64 bits per heavy atom. The molecule has 0 fully saturated rings. The van der Waals surface area contributed by atoms with Gasteiger partial charge in [0.1, 0.15) is 0 Å². The number of rotatable bonds is 4. The van der Waals surface area contributed by atoms with Gasteiger partial charge in [-0.2, -0.15) is 0 Å². The van der Waals surface area contributed by atoms with Crippen LogP contribution in [0.25, 0.3) is 0 Å². The van der Waals surface area contributed by atoms with Gasteiger partial charge in [-0.15, -0.1) is 0 Å². The van der Waals surface area contributed by atoms with E-state index in [9.17, 15) is 9.59 Å². The number of amides is 2. The molecule has 0 bridgehead atoms. The van der Waals surface area contributed by atoms with Crippen LogP contribution < -0.4 is 10.6 Å². The van der Waals surface area contributed by atoms with Crippen LogP contribution in [0.1, 0.15) is 73.4 Å². The highest BCUT2D eigenvalue weighted by Gasteiger charge is 2.20. The number of hydrogen-bond donors (Lipinski definition) is 2. The Kier molecular flexibility index (Phi) is 6.18. The zero-order valence-electron chi connectivity index (χ0n) is 17.3. The van der Waals surface area contributed by atoms with Gasteiger partial charge in [-0.25, -0.2) is 0 Å². The average Bonchev–Trinajstić information content (AvgIpc) is 2.68. The average molecular weight is 379 g/mol. The van der Waals surface area contributed by atoms with Gasteiger partial charge in [0.15, 0.2) is 0 Å². The molecule has 2 aromatic rings. The molecule has 2 amide bonds. The van der Waals surface area contributed by atoms with Gasteiger partial charge in [0, 0.05) is 5.69 Å². The molecule has 0 aromatic heterocycles. The topological polar surface area (TPSA) is 58.2 Å². The minimum Gasteiger partial charge on any atom is -0.341 e. The molecule has 2 N–H and O–H groups in total. The summed E-state index contributed by atoms with van der Waals surface area (Å²) in [5.74, 6) is -0.975. The minimum atomic E-state index is -0.624. The van der Waals surface area contributed by atoms with Crippen molar-refractivity contribution in [3.63, 3.8) is 0 Å².